The molecule has 32 heavy (non-hydrogen) atoms. The Morgan fingerprint density at radius 1 is 1.09 bits per heavy atom. The molecular formula is C24H22FNO6. The maximum Gasteiger partial charge on any atom is 0.291 e. The van der Waals surface area contributed by atoms with E-state index in [0.717, 1.165) is 18.9 Å². The number of rotatable bonds is 5. The van der Waals surface area contributed by atoms with Gasteiger partial charge in [-0.15, -0.1) is 0 Å². The molecule has 0 radical (unpaired) electrons. The summed E-state index contributed by atoms with van der Waals surface area (Å²) >= 11 is 0. The molecule has 0 N–H and O–H groups in total. The standard InChI is InChI=1S/C24H22FNO6/c1-29-18-7-5-13(10-19(18)30-2)21-20-22(27)16-11-14(25)6-8-17(16)32-23(20)24(28)26(21)12-15-4-3-9-31-15/h5-8,10-11,15,21H,3-4,9,12H2,1-2H3/t15-,21+/m1/s1. The van der Waals surface area contributed by atoms with Crippen LogP contribution in [0, 0.1) is 5.82 Å². The topological polar surface area (TPSA) is 78.2 Å². The SMILES string of the molecule is COc1ccc([C@H]2c3c(oc4ccc(F)cc4c3=O)C(=O)N2C[C@H]2CCCO2)cc1OC. The Morgan fingerprint density at radius 2 is 1.91 bits per heavy atom. The summed E-state index contributed by atoms with van der Waals surface area (Å²) in [6, 6.07) is 8.24. The molecular weight excluding hydrogens is 417 g/mol. The molecule has 1 amide bonds. The average molecular weight is 439 g/mol. The van der Waals surface area contributed by atoms with E-state index < -0.39 is 23.2 Å². The second-order valence-electron chi connectivity index (χ2n) is 7.92. The van der Waals surface area contributed by atoms with E-state index in [9.17, 15) is 14.0 Å². The van der Waals surface area contributed by atoms with Gasteiger partial charge in [0.25, 0.3) is 5.91 Å². The Labute approximate surface area is 183 Å². The Morgan fingerprint density at radius 3 is 2.62 bits per heavy atom. The molecule has 8 heteroatoms. The Hall–Kier alpha value is -3.39. The average Bonchev–Trinajstić information content (AvgIpc) is 3.41. The number of halogens is 1. The van der Waals surface area contributed by atoms with Gasteiger partial charge >= 0.3 is 0 Å². The molecule has 1 aromatic heterocycles. The van der Waals surface area contributed by atoms with Crippen LogP contribution < -0.4 is 14.9 Å². The van der Waals surface area contributed by atoms with E-state index in [1.165, 1.54) is 26.4 Å². The molecule has 166 valence electrons. The lowest BCUT2D eigenvalue weighted by Gasteiger charge is -2.27. The van der Waals surface area contributed by atoms with Crippen LogP contribution in [-0.2, 0) is 4.74 Å². The fourth-order valence-corrected chi connectivity index (χ4v) is 4.56. The molecule has 3 heterocycles. The highest BCUT2D eigenvalue weighted by atomic mass is 19.1. The number of hydrogen-bond donors (Lipinski definition) is 0. The van der Waals surface area contributed by atoms with Crippen LogP contribution in [-0.4, -0.2) is 44.3 Å². The Balaban J connectivity index is 1.71. The largest absolute Gasteiger partial charge is 0.493 e. The van der Waals surface area contributed by atoms with Gasteiger partial charge in [-0.05, 0) is 48.7 Å². The summed E-state index contributed by atoms with van der Waals surface area (Å²) in [4.78, 5) is 28.5. The van der Waals surface area contributed by atoms with Crippen LogP contribution in [0.15, 0.2) is 45.6 Å². The van der Waals surface area contributed by atoms with Crippen LogP contribution in [0.3, 0.4) is 0 Å². The van der Waals surface area contributed by atoms with Gasteiger partial charge in [-0.2, -0.15) is 0 Å². The molecule has 0 unspecified atom stereocenters. The third kappa shape index (κ3) is 3.22. The normalized spacial score (nSPS) is 20.1. The highest BCUT2D eigenvalue weighted by molar-refractivity contribution is 5.99. The third-order valence-electron chi connectivity index (χ3n) is 6.08. The lowest BCUT2D eigenvalue weighted by Crippen LogP contribution is -2.36. The molecule has 0 saturated carbocycles. The van der Waals surface area contributed by atoms with Gasteiger partial charge in [0.05, 0.1) is 37.3 Å². The van der Waals surface area contributed by atoms with Crippen molar-refractivity contribution in [1.82, 2.24) is 4.90 Å². The summed E-state index contributed by atoms with van der Waals surface area (Å²) in [6.45, 7) is 0.952. The quantitative estimate of drug-likeness (QED) is 0.604. The van der Waals surface area contributed by atoms with Gasteiger partial charge in [-0.25, -0.2) is 4.39 Å². The van der Waals surface area contributed by atoms with E-state index in [-0.39, 0.29) is 28.4 Å². The molecule has 7 nitrogen and oxygen atoms in total. The molecule has 2 aliphatic heterocycles. The van der Waals surface area contributed by atoms with E-state index in [0.29, 0.717) is 30.2 Å². The van der Waals surface area contributed by atoms with Gasteiger partial charge < -0.3 is 23.5 Å². The minimum Gasteiger partial charge on any atom is -0.493 e. The van der Waals surface area contributed by atoms with Crippen molar-refractivity contribution in [2.45, 2.75) is 25.0 Å². The number of carbonyl (C=O) groups is 1. The zero-order chi connectivity index (χ0) is 22.4. The van der Waals surface area contributed by atoms with Crippen molar-refractivity contribution in [1.29, 1.82) is 0 Å². The van der Waals surface area contributed by atoms with E-state index in [1.54, 1.807) is 23.1 Å². The molecule has 1 saturated heterocycles. The molecule has 2 aromatic carbocycles. The summed E-state index contributed by atoms with van der Waals surface area (Å²) in [5.74, 6) is 0.0386. The van der Waals surface area contributed by atoms with E-state index >= 15 is 0 Å². The van der Waals surface area contributed by atoms with Crippen molar-refractivity contribution in [3.63, 3.8) is 0 Å². The predicted octanol–water partition coefficient (Wildman–Crippen LogP) is 3.67. The zero-order valence-electron chi connectivity index (χ0n) is 17.7. The highest BCUT2D eigenvalue weighted by Crippen LogP contribution is 2.41. The Kier molecular flexibility index (Phi) is 5.09. The summed E-state index contributed by atoms with van der Waals surface area (Å²) in [5.41, 5.74) is 0.603. The van der Waals surface area contributed by atoms with E-state index in [4.69, 9.17) is 18.6 Å². The number of ether oxygens (including phenoxy) is 3. The van der Waals surface area contributed by atoms with Gasteiger partial charge in [0, 0.05) is 13.2 Å². The number of carbonyl (C=O) groups excluding carboxylic acids is 1. The van der Waals surface area contributed by atoms with Gasteiger partial charge in [-0.3, -0.25) is 9.59 Å². The van der Waals surface area contributed by atoms with Crippen molar-refractivity contribution >= 4 is 16.9 Å². The molecule has 0 aliphatic carbocycles. The monoisotopic (exact) mass is 439 g/mol. The van der Waals surface area contributed by atoms with Crippen LogP contribution >= 0.6 is 0 Å². The summed E-state index contributed by atoms with van der Waals surface area (Å²) in [5, 5.41) is 0.0981. The van der Waals surface area contributed by atoms with Crippen molar-refractivity contribution in [3.8, 4) is 11.5 Å². The number of hydrogen-bond acceptors (Lipinski definition) is 6. The van der Waals surface area contributed by atoms with Crippen molar-refractivity contribution in [3.05, 3.63) is 69.3 Å². The number of benzene rings is 2. The zero-order valence-corrected chi connectivity index (χ0v) is 17.7. The second-order valence-corrected chi connectivity index (χ2v) is 7.92. The van der Waals surface area contributed by atoms with Crippen LogP contribution in [0.1, 0.15) is 40.6 Å². The molecule has 0 spiro atoms. The van der Waals surface area contributed by atoms with Crippen LogP contribution in [0.2, 0.25) is 0 Å². The second kappa shape index (κ2) is 7.94. The maximum absolute atomic E-state index is 13.9. The first kappa shape index (κ1) is 20.5. The van der Waals surface area contributed by atoms with Crippen LogP contribution in [0.25, 0.3) is 11.0 Å². The molecule has 5 rings (SSSR count). The van der Waals surface area contributed by atoms with Gasteiger partial charge in [0.2, 0.25) is 5.76 Å². The minimum atomic E-state index is -0.717. The van der Waals surface area contributed by atoms with E-state index in [1.807, 2.05) is 0 Å². The molecule has 1 fully saturated rings. The summed E-state index contributed by atoms with van der Waals surface area (Å²) < 4.78 is 36.2. The molecule has 2 aliphatic rings. The maximum atomic E-state index is 13.9. The van der Waals surface area contributed by atoms with Crippen molar-refractivity contribution in [2.24, 2.45) is 0 Å². The predicted molar refractivity (Wildman–Crippen MR) is 114 cm³/mol. The Bertz CT molecular complexity index is 1260. The van der Waals surface area contributed by atoms with Crippen LogP contribution in [0.5, 0.6) is 11.5 Å². The van der Waals surface area contributed by atoms with Gasteiger partial charge in [0.15, 0.2) is 16.9 Å². The lowest BCUT2D eigenvalue weighted by atomic mass is 9.97. The van der Waals surface area contributed by atoms with Crippen molar-refractivity contribution < 1.29 is 27.8 Å². The molecule has 2 atom stereocenters. The number of amides is 1. The fraction of sp³-hybridized carbons (Fsp3) is 0.333. The first-order valence-electron chi connectivity index (χ1n) is 10.4. The first-order chi connectivity index (χ1) is 15.5. The third-order valence-corrected chi connectivity index (χ3v) is 6.08. The highest BCUT2D eigenvalue weighted by Gasteiger charge is 2.44. The number of methoxy groups -OCH3 is 2. The van der Waals surface area contributed by atoms with Gasteiger partial charge in [-0.1, -0.05) is 6.07 Å². The number of nitrogens with zero attached hydrogens (tertiary/aromatic N) is 1. The molecule has 0 bridgehead atoms. The minimum absolute atomic E-state index is 0.0214. The summed E-state index contributed by atoms with van der Waals surface area (Å²) in [7, 11) is 3.05. The smallest absolute Gasteiger partial charge is 0.291 e. The first-order valence-corrected chi connectivity index (χ1v) is 10.4. The van der Waals surface area contributed by atoms with Crippen LogP contribution in [0.4, 0.5) is 4.39 Å². The molecule has 3 aromatic rings. The summed E-state index contributed by atoms with van der Waals surface area (Å²) in [6.07, 6.45) is 1.62. The fourth-order valence-electron chi connectivity index (χ4n) is 4.56. The lowest BCUT2D eigenvalue weighted by molar-refractivity contribution is 0.0486. The van der Waals surface area contributed by atoms with E-state index in [2.05, 4.69) is 0 Å². The van der Waals surface area contributed by atoms with Gasteiger partial charge in [0.1, 0.15) is 11.4 Å². The number of fused-ring (bicyclic) bond motifs is 2. The van der Waals surface area contributed by atoms with Crippen molar-refractivity contribution in [2.75, 3.05) is 27.4 Å².